The van der Waals surface area contributed by atoms with Crippen molar-refractivity contribution in [3.8, 4) is 5.75 Å². The van der Waals surface area contributed by atoms with E-state index in [0.717, 1.165) is 38.9 Å². The van der Waals surface area contributed by atoms with Crippen molar-refractivity contribution in [2.75, 3.05) is 12.4 Å². The predicted octanol–water partition coefficient (Wildman–Crippen LogP) is 5.51. The van der Waals surface area contributed by atoms with Crippen molar-refractivity contribution in [1.29, 1.82) is 0 Å². The van der Waals surface area contributed by atoms with Crippen LogP contribution >= 0.6 is 34.9 Å². The van der Waals surface area contributed by atoms with Crippen LogP contribution in [0.25, 0.3) is 10.2 Å². The summed E-state index contributed by atoms with van der Waals surface area (Å²) in [6.45, 7) is 3.42. The highest BCUT2D eigenvalue weighted by Crippen LogP contribution is 2.31. The van der Waals surface area contributed by atoms with Gasteiger partial charge in [-0.3, -0.25) is 0 Å². The lowest BCUT2D eigenvalue weighted by Crippen LogP contribution is -2.04. The molecule has 4 rings (SSSR count). The SMILES string of the molecule is CCn1c(CSc2nc3ccccc3s2)nnc1SCCOc1ccc(F)cc1. The summed E-state index contributed by atoms with van der Waals surface area (Å²) in [5, 5.41) is 9.59. The molecule has 0 saturated carbocycles. The van der Waals surface area contributed by atoms with Gasteiger partial charge in [0.15, 0.2) is 9.50 Å². The fraction of sp³-hybridized carbons (Fsp3) is 0.250. The van der Waals surface area contributed by atoms with Crippen molar-refractivity contribution < 1.29 is 9.13 Å². The van der Waals surface area contributed by atoms with Gasteiger partial charge in [-0.2, -0.15) is 0 Å². The highest BCUT2D eigenvalue weighted by atomic mass is 32.2. The second kappa shape index (κ2) is 9.60. The maximum absolute atomic E-state index is 12.9. The first kappa shape index (κ1) is 20.2. The molecule has 29 heavy (non-hydrogen) atoms. The summed E-state index contributed by atoms with van der Waals surface area (Å²) < 4.78 is 22.9. The Kier molecular flexibility index (Phi) is 6.68. The first-order chi connectivity index (χ1) is 14.2. The molecular formula is C20H19FN4OS3. The first-order valence-corrected chi connectivity index (χ1v) is 11.9. The number of para-hydroxylation sites is 1. The minimum atomic E-state index is -0.265. The summed E-state index contributed by atoms with van der Waals surface area (Å²) in [4.78, 5) is 4.66. The van der Waals surface area contributed by atoms with E-state index in [-0.39, 0.29) is 5.82 Å². The molecule has 0 spiro atoms. The minimum Gasteiger partial charge on any atom is -0.493 e. The zero-order chi connectivity index (χ0) is 20.1. The van der Waals surface area contributed by atoms with Crippen LogP contribution in [0.5, 0.6) is 5.75 Å². The molecule has 0 fully saturated rings. The van der Waals surface area contributed by atoms with E-state index >= 15 is 0 Å². The highest BCUT2D eigenvalue weighted by Gasteiger charge is 2.13. The molecular weight excluding hydrogens is 427 g/mol. The standard InChI is InChI=1S/C20H19FN4OS3/c1-2-25-18(13-28-20-22-16-5-3-4-6-17(16)29-20)23-24-19(25)27-12-11-26-15-9-7-14(21)8-10-15/h3-10H,2,11-13H2,1H3. The third-order valence-electron chi connectivity index (χ3n) is 4.11. The van der Waals surface area contributed by atoms with Crippen LogP contribution in [0.2, 0.25) is 0 Å². The molecule has 2 heterocycles. The number of hydrogen-bond acceptors (Lipinski definition) is 7. The lowest BCUT2D eigenvalue weighted by Gasteiger charge is -2.08. The van der Waals surface area contributed by atoms with Gasteiger partial charge in [-0.1, -0.05) is 35.7 Å². The van der Waals surface area contributed by atoms with Crippen LogP contribution in [0, 0.1) is 5.82 Å². The largest absolute Gasteiger partial charge is 0.493 e. The second-order valence-electron chi connectivity index (χ2n) is 6.03. The van der Waals surface area contributed by atoms with Crippen molar-refractivity contribution in [3.05, 3.63) is 60.2 Å². The molecule has 0 unspecified atom stereocenters. The summed E-state index contributed by atoms with van der Waals surface area (Å²) in [6, 6.07) is 14.2. The van der Waals surface area contributed by atoms with Gasteiger partial charge in [0.05, 0.1) is 22.6 Å². The zero-order valence-corrected chi connectivity index (χ0v) is 18.2. The summed E-state index contributed by atoms with van der Waals surface area (Å²) in [7, 11) is 0. The van der Waals surface area contributed by atoms with E-state index in [1.807, 2.05) is 18.2 Å². The van der Waals surface area contributed by atoms with E-state index in [9.17, 15) is 4.39 Å². The number of ether oxygens (including phenoxy) is 1. The monoisotopic (exact) mass is 446 g/mol. The Morgan fingerprint density at radius 1 is 1.07 bits per heavy atom. The van der Waals surface area contributed by atoms with E-state index in [1.54, 1.807) is 47.0 Å². The van der Waals surface area contributed by atoms with Crippen molar-refractivity contribution in [1.82, 2.24) is 19.7 Å². The molecule has 0 radical (unpaired) electrons. The van der Waals surface area contributed by atoms with Crippen molar-refractivity contribution in [2.24, 2.45) is 0 Å². The number of thiazole rings is 1. The first-order valence-electron chi connectivity index (χ1n) is 9.14. The molecule has 2 aromatic heterocycles. The van der Waals surface area contributed by atoms with Gasteiger partial charge in [0.1, 0.15) is 17.4 Å². The van der Waals surface area contributed by atoms with Crippen LogP contribution in [0.3, 0.4) is 0 Å². The van der Waals surface area contributed by atoms with Crippen LogP contribution in [-0.2, 0) is 12.3 Å². The van der Waals surface area contributed by atoms with Crippen molar-refractivity contribution in [2.45, 2.75) is 28.7 Å². The summed E-state index contributed by atoms with van der Waals surface area (Å²) in [6.07, 6.45) is 0. The zero-order valence-electron chi connectivity index (χ0n) is 15.7. The van der Waals surface area contributed by atoms with E-state index in [4.69, 9.17) is 4.74 Å². The third kappa shape index (κ3) is 5.09. The van der Waals surface area contributed by atoms with Gasteiger partial charge in [0, 0.05) is 12.3 Å². The molecule has 5 nitrogen and oxygen atoms in total. The fourth-order valence-corrected chi connectivity index (χ4v) is 5.56. The molecule has 0 atom stereocenters. The summed E-state index contributed by atoms with van der Waals surface area (Å²) in [5.41, 5.74) is 1.04. The van der Waals surface area contributed by atoms with Crippen LogP contribution in [-0.4, -0.2) is 32.1 Å². The maximum Gasteiger partial charge on any atom is 0.191 e. The van der Waals surface area contributed by atoms with Gasteiger partial charge in [-0.05, 0) is 43.3 Å². The van der Waals surface area contributed by atoms with Gasteiger partial charge in [-0.15, -0.1) is 21.5 Å². The maximum atomic E-state index is 12.9. The molecule has 0 bridgehead atoms. The number of thioether (sulfide) groups is 2. The number of nitrogens with zero attached hydrogens (tertiary/aromatic N) is 4. The lowest BCUT2D eigenvalue weighted by molar-refractivity contribution is 0.343. The number of hydrogen-bond donors (Lipinski definition) is 0. The summed E-state index contributed by atoms with van der Waals surface area (Å²) >= 11 is 5.00. The van der Waals surface area contributed by atoms with Crippen LogP contribution in [0.1, 0.15) is 12.7 Å². The smallest absolute Gasteiger partial charge is 0.191 e. The molecule has 0 aliphatic heterocycles. The van der Waals surface area contributed by atoms with E-state index in [1.165, 1.54) is 16.8 Å². The van der Waals surface area contributed by atoms with Gasteiger partial charge < -0.3 is 9.30 Å². The number of rotatable bonds is 9. The van der Waals surface area contributed by atoms with Crippen LogP contribution in [0.15, 0.2) is 58.0 Å². The van der Waals surface area contributed by atoms with Crippen LogP contribution < -0.4 is 4.74 Å². The highest BCUT2D eigenvalue weighted by molar-refractivity contribution is 8.00. The normalized spacial score (nSPS) is 11.2. The Balaban J connectivity index is 1.31. The van der Waals surface area contributed by atoms with Crippen molar-refractivity contribution in [3.63, 3.8) is 0 Å². The van der Waals surface area contributed by atoms with Gasteiger partial charge in [0.2, 0.25) is 0 Å². The number of benzene rings is 2. The van der Waals surface area contributed by atoms with Gasteiger partial charge >= 0.3 is 0 Å². The molecule has 9 heteroatoms. The minimum absolute atomic E-state index is 0.265. The molecule has 0 aliphatic rings. The topological polar surface area (TPSA) is 52.8 Å². The summed E-state index contributed by atoms with van der Waals surface area (Å²) in [5.74, 6) is 2.81. The predicted molar refractivity (Wildman–Crippen MR) is 117 cm³/mol. The van der Waals surface area contributed by atoms with Crippen molar-refractivity contribution >= 4 is 45.1 Å². The Labute approximate surface area is 180 Å². The second-order valence-corrected chi connectivity index (χ2v) is 9.35. The Morgan fingerprint density at radius 3 is 2.69 bits per heavy atom. The number of fused-ring (bicyclic) bond motifs is 1. The Hall–Kier alpha value is -2.10. The number of halogens is 1. The van der Waals surface area contributed by atoms with Crippen LogP contribution in [0.4, 0.5) is 4.39 Å². The average Bonchev–Trinajstić information content (AvgIpc) is 3.34. The Morgan fingerprint density at radius 2 is 1.90 bits per heavy atom. The van der Waals surface area contributed by atoms with Gasteiger partial charge in [-0.25, -0.2) is 9.37 Å². The lowest BCUT2D eigenvalue weighted by atomic mass is 10.3. The average molecular weight is 447 g/mol. The molecule has 4 aromatic rings. The molecule has 0 amide bonds. The molecule has 2 aromatic carbocycles. The third-order valence-corrected chi connectivity index (χ3v) is 7.21. The number of aromatic nitrogens is 4. The molecule has 0 saturated heterocycles. The van der Waals surface area contributed by atoms with E-state index in [0.29, 0.717) is 12.4 Å². The quantitative estimate of drug-likeness (QED) is 0.250. The van der Waals surface area contributed by atoms with E-state index < -0.39 is 0 Å². The fourth-order valence-electron chi connectivity index (χ4n) is 2.71. The van der Waals surface area contributed by atoms with Gasteiger partial charge in [0.25, 0.3) is 0 Å². The molecule has 150 valence electrons. The Bertz CT molecular complexity index is 1050. The molecule has 0 N–H and O–H groups in total. The molecule has 0 aliphatic carbocycles. The van der Waals surface area contributed by atoms with E-state index in [2.05, 4.69) is 32.7 Å².